The number of benzene rings is 1. The summed E-state index contributed by atoms with van der Waals surface area (Å²) in [5.41, 5.74) is 2.68. The van der Waals surface area contributed by atoms with E-state index in [0.29, 0.717) is 13.0 Å². The standard InChI is InChI=1S/C18H28N4O/c1-3-14-5-7-15(8-6-14)11-12-20-18(19-4-2)22-16-9-10-17(23)21-13-16/h5-8,16H,3-4,9-13H2,1-2H3,(H,21,23)(H2,19,20,22). The number of guanidine groups is 1. The zero-order valence-electron chi connectivity index (χ0n) is 14.2. The Bertz CT molecular complexity index is 514. The zero-order chi connectivity index (χ0) is 16.5. The molecule has 1 heterocycles. The number of nitrogens with one attached hydrogen (secondary N) is 3. The van der Waals surface area contributed by atoms with Gasteiger partial charge in [0.25, 0.3) is 0 Å². The number of nitrogens with zero attached hydrogens (tertiary/aromatic N) is 1. The molecular weight excluding hydrogens is 288 g/mol. The van der Waals surface area contributed by atoms with Crippen LogP contribution in [0.4, 0.5) is 0 Å². The number of carbonyl (C=O) groups is 1. The second-order valence-electron chi connectivity index (χ2n) is 5.86. The van der Waals surface area contributed by atoms with Crippen molar-refractivity contribution >= 4 is 11.9 Å². The van der Waals surface area contributed by atoms with Crippen LogP contribution >= 0.6 is 0 Å². The molecule has 1 aromatic rings. The lowest BCUT2D eigenvalue weighted by atomic mass is 10.1. The molecule has 1 atom stereocenters. The maximum absolute atomic E-state index is 11.2. The van der Waals surface area contributed by atoms with Crippen LogP contribution in [0, 0.1) is 0 Å². The van der Waals surface area contributed by atoms with Crippen molar-refractivity contribution in [2.75, 3.05) is 19.6 Å². The quantitative estimate of drug-likeness (QED) is 0.552. The maximum Gasteiger partial charge on any atom is 0.220 e. The number of carbonyl (C=O) groups excluding carboxylic acids is 1. The molecule has 1 amide bonds. The number of hydrogen-bond acceptors (Lipinski definition) is 2. The summed E-state index contributed by atoms with van der Waals surface area (Å²) in [6, 6.07) is 9.01. The number of piperidine rings is 1. The highest BCUT2D eigenvalue weighted by atomic mass is 16.1. The van der Waals surface area contributed by atoms with Gasteiger partial charge < -0.3 is 16.0 Å². The fraction of sp³-hybridized carbons (Fsp3) is 0.556. The minimum absolute atomic E-state index is 0.139. The van der Waals surface area contributed by atoms with Crippen molar-refractivity contribution < 1.29 is 4.79 Å². The molecule has 1 unspecified atom stereocenters. The Kier molecular flexibility index (Phi) is 6.91. The number of amides is 1. The van der Waals surface area contributed by atoms with Crippen LogP contribution in [-0.2, 0) is 17.6 Å². The molecule has 1 saturated heterocycles. The fourth-order valence-electron chi connectivity index (χ4n) is 2.61. The van der Waals surface area contributed by atoms with Gasteiger partial charge in [-0.25, -0.2) is 0 Å². The summed E-state index contributed by atoms with van der Waals surface area (Å²) in [5, 5.41) is 9.57. The van der Waals surface area contributed by atoms with E-state index in [9.17, 15) is 4.79 Å². The fourth-order valence-corrected chi connectivity index (χ4v) is 2.61. The average Bonchev–Trinajstić information content (AvgIpc) is 2.58. The van der Waals surface area contributed by atoms with Crippen molar-refractivity contribution in [2.24, 2.45) is 4.99 Å². The van der Waals surface area contributed by atoms with Crippen molar-refractivity contribution in [3.63, 3.8) is 0 Å². The summed E-state index contributed by atoms with van der Waals surface area (Å²) in [6.07, 6.45) is 3.45. The molecule has 0 radical (unpaired) electrons. The molecule has 1 aromatic carbocycles. The van der Waals surface area contributed by atoms with Gasteiger partial charge in [0.15, 0.2) is 5.96 Å². The molecule has 0 bridgehead atoms. The normalized spacial score (nSPS) is 18.4. The molecule has 23 heavy (non-hydrogen) atoms. The molecule has 5 nitrogen and oxygen atoms in total. The van der Waals surface area contributed by atoms with Gasteiger partial charge in [0.2, 0.25) is 5.91 Å². The van der Waals surface area contributed by atoms with E-state index in [4.69, 9.17) is 0 Å². The van der Waals surface area contributed by atoms with Gasteiger partial charge in [-0.3, -0.25) is 9.79 Å². The van der Waals surface area contributed by atoms with Crippen molar-refractivity contribution in [1.82, 2.24) is 16.0 Å². The molecule has 1 fully saturated rings. The molecule has 2 rings (SSSR count). The number of aliphatic imine (C=N–C) groups is 1. The van der Waals surface area contributed by atoms with E-state index in [1.165, 1.54) is 11.1 Å². The molecule has 0 spiro atoms. The Hall–Kier alpha value is -2.04. The summed E-state index contributed by atoms with van der Waals surface area (Å²) in [7, 11) is 0. The predicted octanol–water partition coefficient (Wildman–Crippen LogP) is 1.63. The third-order valence-electron chi connectivity index (χ3n) is 4.05. The molecule has 0 saturated carbocycles. The summed E-state index contributed by atoms with van der Waals surface area (Å²) >= 11 is 0. The van der Waals surface area contributed by atoms with Gasteiger partial charge in [0, 0.05) is 32.1 Å². The monoisotopic (exact) mass is 316 g/mol. The smallest absolute Gasteiger partial charge is 0.220 e. The van der Waals surface area contributed by atoms with Crippen LogP contribution < -0.4 is 16.0 Å². The van der Waals surface area contributed by atoms with Gasteiger partial charge in [-0.1, -0.05) is 31.2 Å². The van der Waals surface area contributed by atoms with Crippen molar-refractivity contribution in [3.8, 4) is 0 Å². The molecule has 3 N–H and O–H groups in total. The van der Waals surface area contributed by atoms with Gasteiger partial charge in [-0.2, -0.15) is 0 Å². The first kappa shape index (κ1) is 17.3. The van der Waals surface area contributed by atoms with Gasteiger partial charge in [0.05, 0.1) is 0 Å². The first-order valence-corrected chi connectivity index (χ1v) is 8.60. The maximum atomic E-state index is 11.2. The lowest BCUT2D eigenvalue weighted by Gasteiger charge is -2.25. The SMILES string of the molecule is CCNC(=NCCc1ccc(CC)cc1)NC1CCC(=O)NC1. The van der Waals surface area contributed by atoms with Crippen LogP contribution in [0.1, 0.15) is 37.8 Å². The molecule has 1 aliphatic heterocycles. The highest BCUT2D eigenvalue weighted by molar-refractivity contribution is 5.81. The second-order valence-corrected chi connectivity index (χ2v) is 5.86. The molecule has 1 aliphatic rings. The van der Waals surface area contributed by atoms with Gasteiger partial charge in [-0.05, 0) is 37.3 Å². The number of aryl methyl sites for hydroxylation is 1. The lowest BCUT2D eigenvalue weighted by molar-refractivity contribution is -0.122. The van der Waals surface area contributed by atoms with E-state index in [0.717, 1.165) is 38.3 Å². The summed E-state index contributed by atoms with van der Waals surface area (Å²) in [5.74, 6) is 0.972. The average molecular weight is 316 g/mol. The molecule has 0 aliphatic carbocycles. The topological polar surface area (TPSA) is 65.5 Å². The highest BCUT2D eigenvalue weighted by Gasteiger charge is 2.18. The highest BCUT2D eigenvalue weighted by Crippen LogP contribution is 2.06. The summed E-state index contributed by atoms with van der Waals surface area (Å²) in [4.78, 5) is 15.9. The van der Waals surface area contributed by atoms with Crippen LogP contribution in [0.3, 0.4) is 0 Å². The third kappa shape index (κ3) is 5.93. The number of rotatable bonds is 6. The Morgan fingerprint density at radius 1 is 1.26 bits per heavy atom. The van der Waals surface area contributed by atoms with E-state index in [-0.39, 0.29) is 11.9 Å². The van der Waals surface area contributed by atoms with Gasteiger partial charge >= 0.3 is 0 Å². The van der Waals surface area contributed by atoms with Crippen LogP contribution in [0.25, 0.3) is 0 Å². The van der Waals surface area contributed by atoms with Crippen LogP contribution in [-0.4, -0.2) is 37.5 Å². The first-order valence-electron chi connectivity index (χ1n) is 8.60. The molecule has 0 aromatic heterocycles. The Labute approximate surface area is 139 Å². The summed E-state index contributed by atoms with van der Waals surface area (Å²) < 4.78 is 0. The van der Waals surface area contributed by atoms with E-state index in [1.807, 2.05) is 0 Å². The minimum atomic E-state index is 0.139. The van der Waals surface area contributed by atoms with Crippen molar-refractivity contribution in [1.29, 1.82) is 0 Å². The zero-order valence-corrected chi connectivity index (χ0v) is 14.2. The van der Waals surface area contributed by atoms with Crippen LogP contribution in [0.2, 0.25) is 0 Å². The van der Waals surface area contributed by atoms with E-state index < -0.39 is 0 Å². The lowest BCUT2D eigenvalue weighted by Crippen LogP contribution is -2.51. The third-order valence-corrected chi connectivity index (χ3v) is 4.05. The van der Waals surface area contributed by atoms with E-state index in [2.05, 4.69) is 59.1 Å². The summed E-state index contributed by atoms with van der Waals surface area (Å²) in [6.45, 7) is 6.47. The van der Waals surface area contributed by atoms with Gasteiger partial charge in [-0.15, -0.1) is 0 Å². The second kappa shape index (κ2) is 9.18. The Morgan fingerprint density at radius 2 is 2.00 bits per heavy atom. The van der Waals surface area contributed by atoms with Gasteiger partial charge in [0.1, 0.15) is 0 Å². The molecule has 126 valence electrons. The molecular formula is C18H28N4O. The van der Waals surface area contributed by atoms with E-state index >= 15 is 0 Å². The largest absolute Gasteiger partial charge is 0.357 e. The Morgan fingerprint density at radius 3 is 2.61 bits per heavy atom. The van der Waals surface area contributed by atoms with E-state index in [1.54, 1.807) is 0 Å². The van der Waals surface area contributed by atoms with Crippen LogP contribution in [0.5, 0.6) is 0 Å². The molecule has 5 heteroatoms. The Balaban J connectivity index is 1.83. The van der Waals surface area contributed by atoms with Crippen LogP contribution in [0.15, 0.2) is 29.3 Å². The number of hydrogen-bond donors (Lipinski definition) is 3. The first-order chi connectivity index (χ1) is 11.2. The van der Waals surface area contributed by atoms with Crippen molar-refractivity contribution in [3.05, 3.63) is 35.4 Å². The van der Waals surface area contributed by atoms with Crippen molar-refractivity contribution in [2.45, 2.75) is 45.6 Å². The minimum Gasteiger partial charge on any atom is -0.357 e. The predicted molar refractivity (Wildman–Crippen MR) is 94.7 cm³/mol.